The molecule has 0 saturated carbocycles. The maximum Gasteiger partial charge on any atom is 0.325 e. The van der Waals surface area contributed by atoms with Crippen LogP contribution in [-0.2, 0) is 4.79 Å². The van der Waals surface area contributed by atoms with E-state index in [0.29, 0.717) is 0 Å². The number of aliphatic carboxylic acids is 1. The number of carboxylic acids is 1. The number of phenols is 1. The third kappa shape index (κ3) is 2.54. The summed E-state index contributed by atoms with van der Waals surface area (Å²) in [4.78, 5) is 10.6. The fourth-order valence-electron chi connectivity index (χ4n) is 1.13. The molecule has 4 nitrogen and oxygen atoms in total. The SMILES string of the molecule is NC(C(=O)O)C(=CF)c1cccc(O)c1. The Morgan fingerprint density at radius 3 is 2.67 bits per heavy atom. The number of phenolic OH excluding ortho intramolecular Hbond substituents is 1. The summed E-state index contributed by atoms with van der Waals surface area (Å²) < 4.78 is 12.5. The largest absolute Gasteiger partial charge is 0.508 e. The predicted octanol–water partition coefficient (Wildman–Crippen LogP) is 1.11. The minimum Gasteiger partial charge on any atom is -0.508 e. The quantitative estimate of drug-likeness (QED) is 0.699. The van der Waals surface area contributed by atoms with Crippen molar-refractivity contribution in [2.24, 2.45) is 5.73 Å². The molecule has 1 aromatic rings. The van der Waals surface area contributed by atoms with Crippen molar-refractivity contribution in [1.82, 2.24) is 0 Å². The number of carbonyl (C=O) groups is 1. The highest BCUT2D eigenvalue weighted by molar-refractivity contribution is 5.90. The van der Waals surface area contributed by atoms with Crippen molar-refractivity contribution >= 4 is 11.5 Å². The summed E-state index contributed by atoms with van der Waals surface area (Å²) in [5.41, 5.74) is 5.32. The molecule has 0 heterocycles. The molecule has 5 heteroatoms. The van der Waals surface area contributed by atoms with Crippen molar-refractivity contribution in [2.75, 3.05) is 0 Å². The van der Waals surface area contributed by atoms with E-state index < -0.39 is 12.0 Å². The van der Waals surface area contributed by atoms with E-state index in [-0.39, 0.29) is 23.2 Å². The van der Waals surface area contributed by atoms with Crippen molar-refractivity contribution in [3.63, 3.8) is 0 Å². The van der Waals surface area contributed by atoms with Gasteiger partial charge in [0.25, 0.3) is 0 Å². The van der Waals surface area contributed by atoms with Crippen molar-refractivity contribution < 1.29 is 19.4 Å². The van der Waals surface area contributed by atoms with Crippen LogP contribution in [-0.4, -0.2) is 22.2 Å². The first-order chi connectivity index (χ1) is 7.06. The monoisotopic (exact) mass is 211 g/mol. The number of hydrogen-bond donors (Lipinski definition) is 3. The Morgan fingerprint density at radius 1 is 1.53 bits per heavy atom. The Kier molecular flexibility index (Phi) is 3.41. The molecule has 0 aromatic heterocycles. The van der Waals surface area contributed by atoms with Crippen LogP contribution in [0.2, 0.25) is 0 Å². The number of carboxylic acid groups (broad SMARTS) is 1. The Hall–Kier alpha value is -1.88. The summed E-state index contributed by atoms with van der Waals surface area (Å²) >= 11 is 0. The minimum absolute atomic E-state index is 0.0792. The van der Waals surface area contributed by atoms with Gasteiger partial charge in [-0.3, -0.25) is 4.79 Å². The zero-order chi connectivity index (χ0) is 11.4. The van der Waals surface area contributed by atoms with E-state index in [0.717, 1.165) is 0 Å². The predicted molar refractivity (Wildman–Crippen MR) is 52.8 cm³/mol. The molecule has 0 bridgehead atoms. The topological polar surface area (TPSA) is 83.6 Å². The van der Waals surface area contributed by atoms with Crippen LogP contribution < -0.4 is 5.73 Å². The van der Waals surface area contributed by atoms with Crippen molar-refractivity contribution in [2.45, 2.75) is 6.04 Å². The Bertz CT molecular complexity index is 403. The molecule has 0 amide bonds. The van der Waals surface area contributed by atoms with E-state index in [1.165, 1.54) is 24.3 Å². The smallest absolute Gasteiger partial charge is 0.325 e. The maximum absolute atomic E-state index is 12.5. The molecule has 0 spiro atoms. The molecule has 0 fully saturated rings. The molecule has 1 atom stereocenters. The van der Waals surface area contributed by atoms with E-state index >= 15 is 0 Å². The summed E-state index contributed by atoms with van der Waals surface area (Å²) in [5.74, 6) is -1.41. The highest BCUT2D eigenvalue weighted by Gasteiger charge is 2.19. The second kappa shape index (κ2) is 4.56. The lowest BCUT2D eigenvalue weighted by Crippen LogP contribution is -2.31. The Labute approximate surface area is 85.5 Å². The lowest BCUT2D eigenvalue weighted by atomic mass is 10.0. The molecule has 1 rings (SSSR count). The van der Waals surface area contributed by atoms with Crippen LogP contribution in [0.3, 0.4) is 0 Å². The summed E-state index contributed by atoms with van der Waals surface area (Å²) in [7, 11) is 0. The highest BCUT2D eigenvalue weighted by Crippen LogP contribution is 2.21. The van der Waals surface area contributed by atoms with Gasteiger partial charge < -0.3 is 15.9 Å². The van der Waals surface area contributed by atoms with Gasteiger partial charge in [-0.25, -0.2) is 4.39 Å². The van der Waals surface area contributed by atoms with Crippen LogP contribution in [0.4, 0.5) is 4.39 Å². The van der Waals surface area contributed by atoms with Crippen LogP contribution in [0, 0.1) is 0 Å². The van der Waals surface area contributed by atoms with E-state index in [4.69, 9.17) is 15.9 Å². The summed E-state index contributed by atoms with van der Waals surface area (Å²) in [6.45, 7) is 0. The van der Waals surface area contributed by atoms with Gasteiger partial charge in [0.15, 0.2) is 0 Å². The summed E-state index contributed by atoms with van der Waals surface area (Å²) in [6, 6.07) is 4.13. The van der Waals surface area contributed by atoms with E-state index in [2.05, 4.69) is 0 Å². The first-order valence-electron chi connectivity index (χ1n) is 4.14. The van der Waals surface area contributed by atoms with Gasteiger partial charge in [-0.05, 0) is 17.7 Å². The maximum atomic E-state index is 12.5. The van der Waals surface area contributed by atoms with Crippen LogP contribution in [0.25, 0.3) is 5.57 Å². The van der Waals surface area contributed by atoms with Gasteiger partial charge in [-0.1, -0.05) is 12.1 Å². The fourth-order valence-corrected chi connectivity index (χ4v) is 1.13. The molecule has 0 aliphatic rings. The van der Waals surface area contributed by atoms with Gasteiger partial charge in [-0.2, -0.15) is 0 Å². The fraction of sp³-hybridized carbons (Fsp3) is 0.100. The zero-order valence-electron chi connectivity index (χ0n) is 7.72. The molecule has 1 aromatic carbocycles. The van der Waals surface area contributed by atoms with Crippen LogP contribution in [0.1, 0.15) is 5.56 Å². The lowest BCUT2D eigenvalue weighted by molar-refractivity contribution is -0.137. The Balaban J connectivity index is 3.09. The average molecular weight is 211 g/mol. The standard InChI is InChI=1S/C10H10FNO3/c11-5-8(9(12)10(14)15)6-2-1-3-7(13)4-6/h1-5,9,13H,12H2,(H,14,15). The molecule has 0 aliphatic carbocycles. The minimum atomic E-state index is -1.45. The molecular weight excluding hydrogens is 201 g/mol. The molecule has 0 aliphatic heterocycles. The number of nitrogens with two attached hydrogens (primary N) is 1. The number of hydrogen-bond acceptors (Lipinski definition) is 3. The highest BCUT2D eigenvalue weighted by atomic mass is 19.1. The molecule has 4 N–H and O–H groups in total. The van der Waals surface area contributed by atoms with Gasteiger partial charge in [0.2, 0.25) is 0 Å². The van der Waals surface area contributed by atoms with E-state index in [9.17, 15) is 9.18 Å². The molecule has 80 valence electrons. The number of aromatic hydroxyl groups is 1. The number of halogens is 1. The van der Waals surface area contributed by atoms with Gasteiger partial charge in [0.1, 0.15) is 11.8 Å². The second-order valence-corrected chi connectivity index (χ2v) is 2.93. The van der Waals surface area contributed by atoms with Crippen molar-refractivity contribution in [3.8, 4) is 5.75 Å². The van der Waals surface area contributed by atoms with Gasteiger partial charge in [0.05, 0.1) is 6.33 Å². The van der Waals surface area contributed by atoms with Gasteiger partial charge >= 0.3 is 5.97 Å². The van der Waals surface area contributed by atoms with Crippen LogP contribution in [0.5, 0.6) is 5.75 Å². The van der Waals surface area contributed by atoms with E-state index in [1.807, 2.05) is 0 Å². The Morgan fingerprint density at radius 2 is 2.20 bits per heavy atom. The lowest BCUT2D eigenvalue weighted by Gasteiger charge is -2.10. The third-order valence-electron chi connectivity index (χ3n) is 1.90. The first-order valence-corrected chi connectivity index (χ1v) is 4.14. The molecule has 0 radical (unpaired) electrons. The number of rotatable bonds is 3. The average Bonchev–Trinajstić information content (AvgIpc) is 2.18. The normalized spacial score (nSPS) is 13.6. The molecule has 1 unspecified atom stereocenters. The molecular formula is C10H10FNO3. The summed E-state index contributed by atoms with van der Waals surface area (Å²) in [5, 5.41) is 17.8. The van der Waals surface area contributed by atoms with Crippen molar-refractivity contribution in [3.05, 3.63) is 36.2 Å². The first kappa shape index (κ1) is 11.2. The molecule has 15 heavy (non-hydrogen) atoms. The van der Waals surface area contributed by atoms with E-state index in [1.54, 1.807) is 0 Å². The zero-order valence-corrected chi connectivity index (χ0v) is 7.72. The van der Waals surface area contributed by atoms with Gasteiger partial charge in [-0.15, -0.1) is 0 Å². The molecule has 0 saturated heterocycles. The van der Waals surface area contributed by atoms with Crippen LogP contribution >= 0.6 is 0 Å². The second-order valence-electron chi connectivity index (χ2n) is 2.93. The van der Waals surface area contributed by atoms with Gasteiger partial charge in [0, 0.05) is 5.57 Å². The summed E-state index contributed by atoms with van der Waals surface area (Å²) in [6.07, 6.45) is 0.132. The van der Waals surface area contributed by atoms with Crippen molar-refractivity contribution in [1.29, 1.82) is 0 Å². The number of benzene rings is 1. The van der Waals surface area contributed by atoms with Crippen LogP contribution in [0.15, 0.2) is 30.6 Å². The third-order valence-corrected chi connectivity index (χ3v) is 1.90.